The molecule has 3 N–H and O–H groups in total. The molecule has 3 aromatic rings. The molecule has 214 valence electrons. The van der Waals surface area contributed by atoms with Gasteiger partial charge in [0.2, 0.25) is 0 Å². The number of rotatable bonds is 13. The topological polar surface area (TPSA) is 62.0 Å². The van der Waals surface area contributed by atoms with Crippen LogP contribution in [0.2, 0.25) is 0 Å². The third-order valence-corrected chi connectivity index (χ3v) is 6.89. The molecule has 0 heterocycles. The predicted molar refractivity (Wildman–Crippen MR) is 168 cm³/mol. The summed E-state index contributed by atoms with van der Waals surface area (Å²) in [5.74, 6) is 1.13. The van der Waals surface area contributed by atoms with Crippen LogP contribution in [0.1, 0.15) is 71.9 Å². The van der Waals surface area contributed by atoms with E-state index >= 15 is 0 Å². The van der Waals surface area contributed by atoms with Crippen molar-refractivity contribution in [3.8, 4) is 11.5 Å². The smallest absolute Gasteiger partial charge is 0.144 e. The first-order valence-electron chi connectivity index (χ1n) is 14.5. The highest BCUT2D eigenvalue weighted by atomic mass is 16.5. The van der Waals surface area contributed by atoms with Gasteiger partial charge < -0.3 is 25.4 Å². The Hall–Kier alpha value is -3.18. The summed E-state index contributed by atoms with van der Waals surface area (Å²) in [7, 11) is 0. The lowest BCUT2D eigenvalue weighted by atomic mass is 9.87. The zero-order valence-electron chi connectivity index (χ0n) is 25.1. The zero-order valence-corrected chi connectivity index (χ0v) is 25.1. The molecular weight excluding hydrogens is 482 g/mol. The quantitative estimate of drug-likeness (QED) is 0.173. The third-order valence-electron chi connectivity index (χ3n) is 6.89. The largest absolute Gasteiger partial charge is 0.508 e. The van der Waals surface area contributed by atoms with E-state index in [0.717, 1.165) is 69.1 Å². The third kappa shape index (κ3) is 11.2. The molecular formula is C34H51N3O2. The van der Waals surface area contributed by atoms with E-state index in [1.165, 1.54) is 11.1 Å². The number of phenolic OH excluding ortho intramolecular Hbond substituents is 1. The number of ether oxygens (including phenoxy) is 1. The number of para-hydroxylation sites is 1. The second kappa shape index (κ2) is 16.7. The van der Waals surface area contributed by atoms with E-state index in [1.54, 1.807) is 12.1 Å². The van der Waals surface area contributed by atoms with Gasteiger partial charge >= 0.3 is 0 Å². The molecule has 0 spiro atoms. The van der Waals surface area contributed by atoms with Crippen LogP contribution in [-0.2, 0) is 12.0 Å². The molecule has 0 saturated heterocycles. The minimum atomic E-state index is 0.174. The van der Waals surface area contributed by atoms with Gasteiger partial charge in [-0.2, -0.15) is 0 Å². The Bertz CT molecular complexity index is 1060. The van der Waals surface area contributed by atoms with Gasteiger partial charge in [-0.3, -0.25) is 0 Å². The van der Waals surface area contributed by atoms with E-state index in [-0.39, 0.29) is 5.41 Å². The van der Waals surface area contributed by atoms with Gasteiger partial charge in [0.25, 0.3) is 0 Å². The van der Waals surface area contributed by atoms with E-state index < -0.39 is 0 Å². The van der Waals surface area contributed by atoms with Crippen molar-refractivity contribution in [2.45, 2.75) is 72.8 Å². The van der Waals surface area contributed by atoms with E-state index in [0.29, 0.717) is 12.4 Å². The number of nitrogens with zero attached hydrogens (tertiary/aromatic N) is 2. The fraction of sp³-hybridized carbons (Fsp3) is 0.471. The maximum absolute atomic E-state index is 9.02. The Morgan fingerprint density at radius 2 is 1.46 bits per heavy atom. The molecule has 0 bridgehead atoms. The monoisotopic (exact) mass is 533 g/mol. The Kier molecular flexibility index (Phi) is 13.7. The van der Waals surface area contributed by atoms with E-state index in [1.807, 2.05) is 18.2 Å². The number of hydrogen-bond acceptors (Lipinski definition) is 5. The molecule has 5 heteroatoms. The number of nitrogens with two attached hydrogens (primary N) is 1. The molecule has 0 atom stereocenters. The van der Waals surface area contributed by atoms with E-state index in [9.17, 15) is 0 Å². The number of nitrogen functional groups attached to an aromatic ring is 1. The maximum atomic E-state index is 9.02. The molecule has 5 nitrogen and oxygen atoms in total. The molecule has 0 aliphatic rings. The normalized spacial score (nSPS) is 11.2. The van der Waals surface area contributed by atoms with Crippen LogP contribution >= 0.6 is 0 Å². The van der Waals surface area contributed by atoms with Crippen molar-refractivity contribution in [3.05, 3.63) is 83.9 Å². The average Bonchev–Trinajstić information content (AvgIpc) is 2.93. The van der Waals surface area contributed by atoms with Gasteiger partial charge in [0.15, 0.2) is 0 Å². The summed E-state index contributed by atoms with van der Waals surface area (Å²) in [5.41, 5.74) is 11.1. The van der Waals surface area contributed by atoms with Crippen molar-refractivity contribution in [2.24, 2.45) is 0 Å². The molecule has 0 fully saturated rings. The van der Waals surface area contributed by atoms with E-state index in [2.05, 4.69) is 93.8 Å². The second-order valence-electron chi connectivity index (χ2n) is 11.0. The fourth-order valence-electron chi connectivity index (χ4n) is 4.34. The van der Waals surface area contributed by atoms with Crippen LogP contribution in [0, 0.1) is 0 Å². The summed E-state index contributed by atoms with van der Waals surface area (Å²) in [6, 6.07) is 24.1. The molecule has 39 heavy (non-hydrogen) atoms. The van der Waals surface area contributed by atoms with Crippen LogP contribution in [0.4, 0.5) is 11.4 Å². The van der Waals surface area contributed by atoms with Gasteiger partial charge in [-0.25, -0.2) is 0 Å². The SMILES string of the molecule is CC(C)(C)c1ccc(O)cc1.CCCCN(Cc1ccccc1)c1cccc(OCCCN(CC)CC)c1N. The summed E-state index contributed by atoms with van der Waals surface area (Å²) in [6.45, 7) is 18.8. The Morgan fingerprint density at radius 1 is 0.795 bits per heavy atom. The Labute approximate surface area is 237 Å². The van der Waals surface area contributed by atoms with Crippen molar-refractivity contribution in [3.63, 3.8) is 0 Å². The van der Waals surface area contributed by atoms with Crippen LogP contribution < -0.4 is 15.4 Å². The van der Waals surface area contributed by atoms with Crippen molar-refractivity contribution < 1.29 is 9.84 Å². The molecule has 0 aliphatic carbocycles. The van der Waals surface area contributed by atoms with Crippen molar-refractivity contribution >= 4 is 11.4 Å². The lowest BCUT2D eigenvalue weighted by Gasteiger charge is -2.27. The predicted octanol–water partition coefficient (Wildman–Crippen LogP) is 7.88. The van der Waals surface area contributed by atoms with Crippen LogP contribution in [-0.4, -0.2) is 42.8 Å². The van der Waals surface area contributed by atoms with Crippen molar-refractivity contribution in [1.82, 2.24) is 4.90 Å². The van der Waals surface area contributed by atoms with Gasteiger partial charge in [-0.15, -0.1) is 0 Å². The Balaban J connectivity index is 0.000000404. The molecule has 0 amide bonds. The van der Waals surface area contributed by atoms with Crippen molar-refractivity contribution in [2.75, 3.05) is 43.4 Å². The molecule has 0 aromatic heterocycles. The number of phenols is 1. The molecule has 3 aromatic carbocycles. The maximum Gasteiger partial charge on any atom is 0.144 e. The number of hydrogen-bond donors (Lipinski definition) is 2. The number of benzene rings is 3. The molecule has 3 rings (SSSR count). The Morgan fingerprint density at radius 3 is 2.05 bits per heavy atom. The summed E-state index contributed by atoms with van der Waals surface area (Å²) in [4.78, 5) is 4.78. The van der Waals surface area contributed by atoms with Gasteiger partial charge in [-0.1, -0.05) is 96.5 Å². The van der Waals surface area contributed by atoms with Crippen LogP contribution in [0.3, 0.4) is 0 Å². The van der Waals surface area contributed by atoms with Gasteiger partial charge in [0.05, 0.1) is 18.0 Å². The zero-order chi connectivity index (χ0) is 28.7. The van der Waals surface area contributed by atoms with Gasteiger partial charge in [0.1, 0.15) is 11.5 Å². The first-order valence-corrected chi connectivity index (χ1v) is 14.5. The minimum absolute atomic E-state index is 0.174. The molecule has 0 saturated carbocycles. The first kappa shape index (κ1) is 32.0. The van der Waals surface area contributed by atoms with Crippen LogP contribution in [0.5, 0.6) is 11.5 Å². The second-order valence-corrected chi connectivity index (χ2v) is 11.0. The number of anilines is 2. The lowest BCUT2D eigenvalue weighted by molar-refractivity contribution is 0.250. The van der Waals surface area contributed by atoms with Crippen LogP contribution in [0.25, 0.3) is 0 Å². The fourth-order valence-corrected chi connectivity index (χ4v) is 4.34. The highest BCUT2D eigenvalue weighted by Gasteiger charge is 2.14. The molecule has 0 radical (unpaired) electrons. The highest BCUT2D eigenvalue weighted by Crippen LogP contribution is 2.33. The lowest BCUT2D eigenvalue weighted by Crippen LogP contribution is -2.25. The number of aromatic hydroxyl groups is 1. The molecule has 0 unspecified atom stereocenters. The van der Waals surface area contributed by atoms with Crippen LogP contribution in [0.15, 0.2) is 72.8 Å². The highest BCUT2D eigenvalue weighted by molar-refractivity contribution is 5.74. The first-order chi connectivity index (χ1) is 18.7. The number of unbranched alkanes of at least 4 members (excludes halogenated alkanes) is 1. The minimum Gasteiger partial charge on any atom is -0.508 e. The summed E-state index contributed by atoms with van der Waals surface area (Å²) in [6.07, 6.45) is 3.31. The van der Waals surface area contributed by atoms with E-state index in [4.69, 9.17) is 15.6 Å². The van der Waals surface area contributed by atoms with Gasteiger partial charge in [0, 0.05) is 19.6 Å². The summed E-state index contributed by atoms with van der Waals surface area (Å²) >= 11 is 0. The standard InChI is InChI=1S/C24H37N3O.C10H14O/c1-4-7-18-27(20-21-13-9-8-10-14-21)22-15-11-16-23(24(22)25)28-19-12-17-26(5-2)6-3;1-10(2,3)8-4-6-9(11)7-5-8/h8-11,13-16H,4-7,12,17-20,25H2,1-3H3;4-7,11H,1-3H3. The summed E-state index contributed by atoms with van der Waals surface area (Å²) < 4.78 is 6.04. The van der Waals surface area contributed by atoms with Gasteiger partial charge in [-0.05, 0) is 66.7 Å². The van der Waals surface area contributed by atoms with Crippen molar-refractivity contribution in [1.29, 1.82) is 0 Å². The average molecular weight is 534 g/mol. The molecule has 0 aliphatic heterocycles. The summed E-state index contributed by atoms with van der Waals surface area (Å²) in [5, 5.41) is 9.02.